The van der Waals surface area contributed by atoms with Gasteiger partial charge in [-0.25, -0.2) is 0 Å². The average molecular weight is 235 g/mol. The van der Waals surface area contributed by atoms with Crippen LogP contribution in [0.4, 0.5) is 5.69 Å². The predicted molar refractivity (Wildman–Crippen MR) is 70.5 cm³/mol. The quantitative estimate of drug-likeness (QED) is 0.538. The topological polar surface area (TPSA) is 49.3 Å². The number of carbonyl (C=O) groups excluding carboxylic acids is 1. The number of carbonyl (C=O) groups is 1. The van der Waals surface area contributed by atoms with Gasteiger partial charge in [0.25, 0.3) is 0 Å². The Labute approximate surface area is 103 Å². The molecule has 0 aliphatic carbocycles. The average Bonchev–Trinajstić information content (AvgIpc) is 2.34. The minimum absolute atomic E-state index is 0.0977. The number of aliphatic hydroxyl groups excluding tert-OH is 1. The standard InChI is InChI=1S/C14H21NO2/c1-12(17)13-6-8-14(9-7-13)15-10-4-2-3-5-11-16/h6-9,15-16H,2-5,10-11H2,1H3. The second-order valence-corrected chi connectivity index (χ2v) is 4.20. The van der Waals surface area contributed by atoms with Gasteiger partial charge in [0.2, 0.25) is 0 Å². The maximum Gasteiger partial charge on any atom is 0.159 e. The van der Waals surface area contributed by atoms with Gasteiger partial charge in [-0.1, -0.05) is 12.8 Å². The molecule has 0 bridgehead atoms. The first kappa shape index (κ1) is 13.7. The number of anilines is 1. The second-order valence-electron chi connectivity index (χ2n) is 4.20. The first-order valence-corrected chi connectivity index (χ1v) is 6.20. The van der Waals surface area contributed by atoms with Crippen LogP contribution in [0.5, 0.6) is 0 Å². The number of hydrogen-bond acceptors (Lipinski definition) is 3. The van der Waals surface area contributed by atoms with Gasteiger partial charge < -0.3 is 10.4 Å². The summed E-state index contributed by atoms with van der Waals surface area (Å²) in [6.07, 6.45) is 4.22. The molecule has 1 aromatic carbocycles. The Balaban J connectivity index is 2.21. The highest BCUT2D eigenvalue weighted by atomic mass is 16.2. The van der Waals surface area contributed by atoms with Crippen molar-refractivity contribution in [2.45, 2.75) is 32.6 Å². The Morgan fingerprint density at radius 2 is 1.76 bits per heavy atom. The van der Waals surface area contributed by atoms with Crippen molar-refractivity contribution in [2.75, 3.05) is 18.5 Å². The summed E-state index contributed by atoms with van der Waals surface area (Å²) in [6, 6.07) is 7.56. The van der Waals surface area contributed by atoms with Gasteiger partial charge in [-0.3, -0.25) is 4.79 Å². The Morgan fingerprint density at radius 3 is 2.35 bits per heavy atom. The number of Topliss-reactive ketones (excluding diaryl/α,β-unsaturated/α-hetero) is 1. The Morgan fingerprint density at radius 1 is 1.12 bits per heavy atom. The highest BCUT2D eigenvalue weighted by Gasteiger charge is 1.98. The molecule has 0 fully saturated rings. The fraction of sp³-hybridized carbons (Fsp3) is 0.500. The first-order chi connectivity index (χ1) is 8.24. The monoisotopic (exact) mass is 235 g/mol. The summed E-state index contributed by atoms with van der Waals surface area (Å²) in [5.74, 6) is 0.0977. The van der Waals surface area contributed by atoms with Crippen LogP contribution in [-0.2, 0) is 0 Å². The van der Waals surface area contributed by atoms with Crippen LogP contribution < -0.4 is 5.32 Å². The van der Waals surface area contributed by atoms with Crippen molar-refractivity contribution >= 4 is 11.5 Å². The summed E-state index contributed by atoms with van der Waals surface area (Å²) in [7, 11) is 0. The fourth-order valence-corrected chi connectivity index (χ4v) is 1.65. The zero-order valence-corrected chi connectivity index (χ0v) is 10.4. The van der Waals surface area contributed by atoms with Crippen LogP contribution in [0.25, 0.3) is 0 Å². The molecule has 0 aliphatic heterocycles. The van der Waals surface area contributed by atoms with Crippen LogP contribution in [0, 0.1) is 0 Å². The van der Waals surface area contributed by atoms with Crippen molar-refractivity contribution in [1.29, 1.82) is 0 Å². The molecule has 3 nitrogen and oxygen atoms in total. The van der Waals surface area contributed by atoms with E-state index >= 15 is 0 Å². The van der Waals surface area contributed by atoms with E-state index in [0.717, 1.165) is 43.5 Å². The number of ketones is 1. The van der Waals surface area contributed by atoms with E-state index in [4.69, 9.17) is 5.11 Å². The van der Waals surface area contributed by atoms with Gasteiger partial charge in [-0.15, -0.1) is 0 Å². The molecule has 3 heteroatoms. The number of benzene rings is 1. The van der Waals surface area contributed by atoms with Crippen molar-refractivity contribution < 1.29 is 9.90 Å². The van der Waals surface area contributed by atoms with Crippen molar-refractivity contribution in [3.8, 4) is 0 Å². The van der Waals surface area contributed by atoms with Crippen LogP contribution in [0.3, 0.4) is 0 Å². The van der Waals surface area contributed by atoms with Crippen molar-refractivity contribution in [2.24, 2.45) is 0 Å². The lowest BCUT2D eigenvalue weighted by Gasteiger charge is -2.06. The summed E-state index contributed by atoms with van der Waals surface area (Å²) in [6.45, 7) is 2.80. The highest BCUT2D eigenvalue weighted by molar-refractivity contribution is 5.94. The van der Waals surface area contributed by atoms with E-state index < -0.39 is 0 Å². The molecule has 0 heterocycles. The third kappa shape index (κ3) is 5.50. The molecule has 0 aliphatic rings. The zero-order valence-electron chi connectivity index (χ0n) is 10.4. The van der Waals surface area contributed by atoms with Gasteiger partial charge in [0.05, 0.1) is 0 Å². The number of aliphatic hydroxyl groups is 1. The molecule has 0 saturated heterocycles. The molecule has 17 heavy (non-hydrogen) atoms. The SMILES string of the molecule is CC(=O)c1ccc(NCCCCCCO)cc1. The molecule has 0 atom stereocenters. The second kappa shape index (κ2) is 7.85. The largest absolute Gasteiger partial charge is 0.396 e. The van der Waals surface area contributed by atoms with Gasteiger partial charge in [0.1, 0.15) is 0 Å². The molecule has 1 rings (SSSR count). The summed E-state index contributed by atoms with van der Waals surface area (Å²) < 4.78 is 0. The van der Waals surface area contributed by atoms with E-state index in [0.29, 0.717) is 6.61 Å². The fourth-order valence-electron chi connectivity index (χ4n) is 1.65. The maximum absolute atomic E-state index is 11.1. The van der Waals surface area contributed by atoms with Crippen molar-refractivity contribution in [3.05, 3.63) is 29.8 Å². The normalized spacial score (nSPS) is 10.2. The predicted octanol–water partition coefficient (Wildman–Crippen LogP) is 2.85. The van der Waals surface area contributed by atoms with E-state index in [2.05, 4.69) is 5.32 Å². The molecular weight excluding hydrogens is 214 g/mol. The first-order valence-electron chi connectivity index (χ1n) is 6.20. The lowest BCUT2D eigenvalue weighted by molar-refractivity contribution is 0.101. The number of hydrogen-bond donors (Lipinski definition) is 2. The minimum Gasteiger partial charge on any atom is -0.396 e. The van der Waals surface area contributed by atoms with Crippen LogP contribution in [-0.4, -0.2) is 24.0 Å². The molecule has 94 valence electrons. The molecule has 2 N–H and O–H groups in total. The molecular formula is C14H21NO2. The van der Waals surface area contributed by atoms with E-state index in [9.17, 15) is 4.79 Å². The van der Waals surface area contributed by atoms with Gasteiger partial charge >= 0.3 is 0 Å². The lowest BCUT2D eigenvalue weighted by Crippen LogP contribution is -2.02. The van der Waals surface area contributed by atoms with E-state index in [1.54, 1.807) is 6.92 Å². The third-order valence-corrected chi connectivity index (χ3v) is 2.71. The van der Waals surface area contributed by atoms with E-state index in [-0.39, 0.29) is 5.78 Å². The Hall–Kier alpha value is -1.35. The van der Waals surface area contributed by atoms with Crippen LogP contribution in [0.2, 0.25) is 0 Å². The van der Waals surface area contributed by atoms with Gasteiger partial charge in [0.15, 0.2) is 5.78 Å². The van der Waals surface area contributed by atoms with E-state index in [1.165, 1.54) is 0 Å². The molecule has 1 aromatic rings. The Kier molecular flexibility index (Phi) is 6.33. The third-order valence-electron chi connectivity index (χ3n) is 2.71. The molecule has 0 aromatic heterocycles. The summed E-state index contributed by atoms with van der Waals surface area (Å²) in [4.78, 5) is 11.1. The number of nitrogens with one attached hydrogen (secondary N) is 1. The molecule has 0 spiro atoms. The summed E-state index contributed by atoms with van der Waals surface area (Å²) in [5, 5.41) is 11.9. The molecule has 0 radical (unpaired) electrons. The summed E-state index contributed by atoms with van der Waals surface area (Å²) in [5.41, 5.74) is 1.80. The van der Waals surface area contributed by atoms with Crippen LogP contribution in [0.1, 0.15) is 43.0 Å². The zero-order chi connectivity index (χ0) is 12.5. The molecule has 0 saturated carbocycles. The minimum atomic E-state index is 0.0977. The maximum atomic E-state index is 11.1. The van der Waals surface area contributed by atoms with E-state index in [1.807, 2.05) is 24.3 Å². The Bertz CT molecular complexity index is 333. The number of unbranched alkanes of at least 4 members (excludes halogenated alkanes) is 3. The highest BCUT2D eigenvalue weighted by Crippen LogP contribution is 2.10. The van der Waals surface area contributed by atoms with Gasteiger partial charge in [0, 0.05) is 24.4 Å². The van der Waals surface area contributed by atoms with Crippen LogP contribution >= 0.6 is 0 Å². The smallest absolute Gasteiger partial charge is 0.159 e. The van der Waals surface area contributed by atoms with Crippen LogP contribution in [0.15, 0.2) is 24.3 Å². The van der Waals surface area contributed by atoms with Gasteiger partial charge in [-0.2, -0.15) is 0 Å². The summed E-state index contributed by atoms with van der Waals surface area (Å²) >= 11 is 0. The molecule has 0 unspecified atom stereocenters. The molecule has 0 amide bonds. The van der Waals surface area contributed by atoms with Crippen molar-refractivity contribution in [1.82, 2.24) is 0 Å². The lowest BCUT2D eigenvalue weighted by atomic mass is 10.1. The number of rotatable bonds is 8. The van der Waals surface area contributed by atoms with Gasteiger partial charge in [-0.05, 0) is 44.0 Å². The van der Waals surface area contributed by atoms with Crippen molar-refractivity contribution in [3.63, 3.8) is 0 Å².